The third-order valence-corrected chi connectivity index (χ3v) is 5.63. The van der Waals surface area contributed by atoms with Crippen molar-refractivity contribution in [2.75, 3.05) is 59.4 Å². The van der Waals surface area contributed by atoms with Crippen LogP contribution in [0.15, 0.2) is 17.4 Å². The van der Waals surface area contributed by atoms with Crippen LogP contribution in [0.1, 0.15) is 38.7 Å². The van der Waals surface area contributed by atoms with Crippen molar-refractivity contribution in [3.63, 3.8) is 0 Å². The normalized spacial score (nSPS) is 20.5. The minimum Gasteiger partial charge on any atom is -0.444 e. The maximum atomic E-state index is 12.2. The van der Waals surface area contributed by atoms with E-state index < -0.39 is 5.60 Å². The molecule has 2 aliphatic heterocycles. The molecular formula is C21H38IN7O2. The van der Waals surface area contributed by atoms with Crippen molar-refractivity contribution in [2.24, 2.45) is 12.0 Å². The summed E-state index contributed by atoms with van der Waals surface area (Å²) < 4.78 is 7.34. The Kier molecular flexibility index (Phi) is 9.41. The van der Waals surface area contributed by atoms with Crippen LogP contribution in [0.4, 0.5) is 4.79 Å². The number of nitrogens with one attached hydrogen (secondary N) is 1. The monoisotopic (exact) mass is 547 g/mol. The molecular weight excluding hydrogens is 509 g/mol. The molecule has 1 amide bonds. The van der Waals surface area contributed by atoms with Crippen molar-refractivity contribution in [3.8, 4) is 0 Å². The zero-order valence-corrected chi connectivity index (χ0v) is 21.8. The van der Waals surface area contributed by atoms with Crippen LogP contribution in [0.3, 0.4) is 0 Å². The van der Waals surface area contributed by atoms with Crippen molar-refractivity contribution in [2.45, 2.75) is 38.7 Å². The molecule has 0 bridgehead atoms. The minimum absolute atomic E-state index is 0. The molecule has 0 aromatic carbocycles. The van der Waals surface area contributed by atoms with Gasteiger partial charge in [0.25, 0.3) is 0 Å². The van der Waals surface area contributed by atoms with E-state index in [1.165, 1.54) is 5.56 Å². The lowest BCUT2D eigenvalue weighted by molar-refractivity contribution is 0.0147. The maximum absolute atomic E-state index is 12.2. The highest BCUT2D eigenvalue weighted by Crippen LogP contribution is 2.26. The zero-order valence-electron chi connectivity index (χ0n) is 19.5. The third-order valence-electron chi connectivity index (χ3n) is 5.63. The van der Waals surface area contributed by atoms with E-state index in [0.29, 0.717) is 19.0 Å². The lowest BCUT2D eigenvalue weighted by Gasteiger charge is -2.35. The van der Waals surface area contributed by atoms with Crippen LogP contribution < -0.4 is 5.32 Å². The Balaban J connectivity index is 0.00000341. The molecule has 10 heteroatoms. The first kappa shape index (κ1) is 25.7. The number of aromatic nitrogens is 2. The Morgan fingerprint density at radius 2 is 1.94 bits per heavy atom. The molecule has 0 saturated carbocycles. The second-order valence-corrected chi connectivity index (χ2v) is 9.16. The highest BCUT2D eigenvalue weighted by atomic mass is 127. The second-order valence-electron chi connectivity index (χ2n) is 9.16. The van der Waals surface area contributed by atoms with Crippen LogP contribution in [-0.4, -0.2) is 102 Å². The molecule has 2 aliphatic rings. The van der Waals surface area contributed by atoms with Crippen LogP contribution in [0.2, 0.25) is 0 Å². The molecule has 176 valence electrons. The van der Waals surface area contributed by atoms with E-state index >= 15 is 0 Å². The molecule has 2 saturated heterocycles. The first-order chi connectivity index (χ1) is 14.2. The van der Waals surface area contributed by atoms with Crippen molar-refractivity contribution >= 4 is 36.0 Å². The number of likely N-dealkylation sites (tertiary alicyclic amines) is 1. The van der Waals surface area contributed by atoms with Crippen LogP contribution >= 0.6 is 24.0 Å². The van der Waals surface area contributed by atoms with Gasteiger partial charge in [-0.25, -0.2) is 4.79 Å². The number of piperazine rings is 1. The predicted molar refractivity (Wildman–Crippen MR) is 133 cm³/mol. The number of carbonyl (C=O) groups is 1. The summed E-state index contributed by atoms with van der Waals surface area (Å²) in [5.41, 5.74) is 0.859. The highest BCUT2D eigenvalue weighted by molar-refractivity contribution is 14.0. The Morgan fingerprint density at radius 3 is 2.52 bits per heavy atom. The fourth-order valence-corrected chi connectivity index (χ4v) is 4.01. The fraction of sp³-hybridized carbons (Fsp3) is 0.762. The van der Waals surface area contributed by atoms with E-state index in [9.17, 15) is 4.79 Å². The molecule has 1 unspecified atom stereocenters. The van der Waals surface area contributed by atoms with Gasteiger partial charge in [-0.2, -0.15) is 5.10 Å². The molecule has 1 atom stereocenters. The summed E-state index contributed by atoms with van der Waals surface area (Å²) in [5, 5.41) is 7.81. The van der Waals surface area contributed by atoms with Crippen LogP contribution in [0.25, 0.3) is 0 Å². The molecule has 0 aliphatic carbocycles. The van der Waals surface area contributed by atoms with Gasteiger partial charge >= 0.3 is 6.09 Å². The Morgan fingerprint density at radius 1 is 1.23 bits per heavy atom. The van der Waals surface area contributed by atoms with Gasteiger partial charge in [-0.05, 0) is 32.8 Å². The van der Waals surface area contributed by atoms with Gasteiger partial charge in [-0.3, -0.25) is 14.6 Å². The molecule has 3 heterocycles. The second kappa shape index (κ2) is 11.3. The maximum Gasteiger partial charge on any atom is 0.410 e. The van der Waals surface area contributed by atoms with Crippen LogP contribution in [-0.2, 0) is 11.8 Å². The standard InChI is InChI=1S/C21H37N7O2.HI/c1-21(2,3)30-20(29)27-12-10-26(11-13-27)9-7-23-19(22-4)28-8-6-17(16-28)18-14-24-25(5)15-18;/h14-15,17H,6-13,16H2,1-5H3,(H,22,23);1H. The fourth-order valence-electron chi connectivity index (χ4n) is 4.01. The van der Waals surface area contributed by atoms with E-state index in [1.54, 1.807) is 4.90 Å². The molecule has 0 radical (unpaired) electrons. The Bertz CT molecular complexity index is 738. The molecule has 3 rings (SSSR count). The average Bonchev–Trinajstić information content (AvgIpc) is 3.33. The number of nitrogens with zero attached hydrogens (tertiary/aromatic N) is 6. The quantitative estimate of drug-likeness (QED) is 0.353. The highest BCUT2D eigenvalue weighted by Gasteiger charge is 2.28. The summed E-state index contributed by atoms with van der Waals surface area (Å²) in [4.78, 5) is 23.2. The number of guanidine groups is 1. The summed E-state index contributed by atoms with van der Waals surface area (Å²) in [6.07, 6.45) is 5.00. The van der Waals surface area contributed by atoms with Gasteiger partial charge in [-0.15, -0.1) is 24.0 Å². The SMILES string of the molecule is CN=C(NCCN1CCN(C(=O)OC(C)(C)C)CC1)N1CCC(c2cnn(C)c2)C1.I. The van der Waals surface area contributed by atoms with Crippen molar-refractivity contribution in [3.05, 3.63) is 18.0 Å². The van der Waals surface area contributed by atoms with Crippen molar-refractivity contribution < 1.29 is 9.53 Å². The van der Waals surface area contributed by atoms with Gasteiger partial charge < -0.3 is 19.9 Å². The number of hydrogen-bond acceptors (Lipinski definition) is 5. The predicted octanol–water partition coefficient (Wildman–Crippen LogP) is 1.96. The number of ether oxygens (including phenoxy) is 1. The van der Waals surface area contributed by atoms with E-state index in [1.807, 2.05) is 45.7 Å². The number of amides is 1. The van der Waals surface area contributed by atoms with E-state index in [2.05, 4.69) is 31.4 Å². The van der Waals surface area contributed by atoms with Gasteiger partial charge in [0.05, 0.1) is 6.20 Å². The van der Waals surface area contributed by atoms with E-state index in [0.717, 1.165) is 51.6 Å². The van der Waals surface area contributed by atoms with Gasteiger partial charge in [0, 0.05) is 78.6 Å². The van der Waals surface area contributed by atoms with Crippen molar-refractivity contribution in [1.29, 1.82) is 0 Å². The molecule has 31 heavy (non-hydrogen) atoms. The summed E-state index contributed by atoms with van der Waals surface area (Å²) in [5.74, 6) is 1.48. The zero-order chi connectivity index (χ0) is 21.7. The minimum atomic E-state index is -0.445. The van der Waals surface area contributed by atoms with Gasteiger partial charge in [0.15, 0.2) is 5.96 Å². The van der Waals surface area contributed by atoms with Gasteiger partial charge in [0.2, 0.25) is 0 Å². The number of carbonyl (C=O) groups excluding carboxylic acids is 1. The van der Waals surface area contributed by atoms with Gasteiger partial charge in [-0.1, -0.05) is 0 Å². The largest absolute Gasteiger partial charge is 0.444 e. The molecule has 1 aromatic rings. The summed E-state index contributed by atoms with van der Waals surface area (Å²) >= 11 is 0. The number of aliphatic imine (C=N–C) groups is 1. The first-order valence-electron chi connectivity index (χ1n) is 10.9. The third kappa shape index (κ3) is 7.51. The van der Waals surface area contributed by atoms with Crippen LogP contribution in [0, 0.1) is 0 Å². The molecule has 1 N–H and O–H groups in total. The van der Waals surface area contributed by atoms with E-state index in [4.69, 9.17) is 4.74 Å². The van der Waals surface area contributed by atoms with E-state index in [-0.39, 0.29) is 30.1 Å². The first-order valence-corrected chi connectivity index (χ1v) is 10.9. The molecule has 2 fully saturated rings. The number of rotatable bonds is 4. The molecule has 1 aromatic heterocycles. The van der Waals surface area contributed by atoms with Crippen LogP contribution in [0.5, 0.6) is 0 Å². The number of hydrogen-bond donors (Lipinski definition) is 1. The summed E-state index contributed by atoms with van der Waals surface area (Å²) in [7, 11) is 3.81. The lowest BCUT2D eigenvalue weighted by Crippen LogP contribution is -2.51. The average molecular weight is 547 g/mol. The lowest BCUT2D eigenvalue weighted by atomic mass is 10.0. The smallest absolute Gasteiger partial charge is 0.410 e. The summed E-state index contributed by atoms with van der Waals surface area (Å²) in [6.45, 7) is 12.6. The van der Waals surface area contributed by atoms with Gasteiger partial charge in [0.1, 0.15) is 5.60 Å². The van der Waals surface area contributed by atoms with Crippen molar-refractivity contribution in [1.82, 2.24) is 29.8 Å². The Labute approximate surface area is 203 Å². The number of aryl methyl sites for hydroxylation is 1. The Hall–Kier alpha value is -1.56. The number of halogens is 1. The molecule has 0 spiro atoms. The summed E-state index contributed by atoms with van der Waals surface area (Å²) in [6, 6.07) is 0. The topological polar surface area (TPSA) is 78.2 Å². The molecule has 9 nitrogen and oxygen atoms in total.